The molecule has 0 saturated heterocycles. The van der Waals surface area contributed by atoms with Gasteiger partial charge in [0, 0.05) is 29.6 Å². The fourth-order valence-corrected chi connectivity index (χ4v) is 4.49. The van der Waals surface area contributed by atoms with E-state index in [1.807, 2.05) is 30.4 Å². The lowest BCUT2D eigenvalue weighted by atomic mass is 9.89. The van der Waals surface area contributed by atoms with E-state index in [0.29, 0.717) is 25.2 Å². The van der Waals surface area contributed by atoms with Crippen LogP contribution in [0.1, 0.15) is 54.4 Å². The summed E-state index contributed by atoms with van der Waals surface area (Å²) in [5.74, 6) is -0.637. The number of rotatable bonds is 10. The van der Waals surface area contributed by atoms with E-state index in [-0.39, 0.29) is 11.9 Å². The number of carbonyl (C=O) groups excluding carboxylic acids is 3. The molecule has 2 aromatic carbocycles. The first-order chi connectivity index (χ1) is 16.5. The second-order valence-corrected chi connectivity index (χ2v) is 8.53. The van der Waals surface area contributed by atoms with Crippen molar-refractivity contribution in [3.63, 3.8) is 0 Å². The van der Waals surface area contributed by atoms with Gasteiger partial charge in [-0.1, -0.05) is 36.9 Å². The summed E-state index contributed by atoms with van der Waals surface area (Å²) in [7, 11) is 1.80. The first-order valence-electron chi connectivity index (χ1n) is 11.7. The first-order valence-corrected chi connectivity index (χ1v) is 11.7. The first kappa shape index (κ1) is 23.5. The zero-order valence-electron chi connectivity index (χ0n) is 19.5. The Morgan fingerprint density at radius 2 is 1.74 bits per heavy atom. The van der Waals surface area contributed by atoms with Crippen LogP contribution in [0.3, 0.4) is 0 Å². The predicted molar refractivity (Wildman–Crippen MR) is 133 cm³/mol. The van der Waals surface area contributed by atoms with Crippen molar-refractivity contribution in [3.8, 4) is 0 Å². The second-order valence-electron chi connectivity index (χ2n) is 8.53. The van der Waals surface area contributed by atoms with Gasteiger partial charge in [0.2, 0.25) is 0 Å². The molecule has 176 valence electrons. The van der Waals surface area contributed by atoms with Gasteiger partial charge >= 0.3 is 11.9 Å². The highest BCUT2D eigenvalue weighted by molar-refractivity contribution is 6.26. The van der Waals surface area contributed by atoms with Gasteiger partial charge in [-0.2, -0.15) is 0 Å². The van der Waals surface area contributed by atoms with Crippen LogP contribution >= 0.6 is 0 Å². The summed E-state index contributed by atoms with van der Waals surface area (Å²) in [6.45, 7) is 4.13. The van der Waals surface area contributed by atoms with Crippen LogP contribution in [0.5, 0.6) is 0 Å². The molecule has 6 nitrogen and oxygen atoms in total. The zero-order valence-corrected chi connectivity index (χ0v) is 19.5. The van der Waals surface area contributed by atoms with Crippen LogP contribution in [-0.4, -0.2) is 38.1 Å². The maximum absolute atomic E-state index is 12.5. The minimum absolute atomic E-state index is 0.0245. The molecule has 0 aromatic heterocycles. The van der Waals surface area contributed by atoms with E-state index in [1.165, 1.54) is 0 Å². The van der Waals surface area contributed by atoms with Crippen molar-refractivity contribution in [3.05, 3.63) is 71.8 Å². The summed E-state index contributed by atoms with van der Waals surface area (Å²) in [6.07, 6.45) is 9.76. The number of carbonyl (C=O) groups is 3. The number of esters is 2. The van der Waals surface area contributed by atoms with Crippen LogP contribution in [0.15, 0.2) is 60.7 Å². The molecule has 0 bridgehead atoms. The van der Waals surface area contributed by atoms with Crippen LogP contribution in [0.2, 0.25) is 0 Å². The number of anilines is 1. The largest absolute Gasteiger partial charge is 0.463 e. The fraction of sp³-hybridized carbons (Fsp3) is 0.321. The number of amides is 1. The van der Waals surface area contributed by atoms with Crippen LogP contribution in [0.4, 0.5) is 5.69 Å². The summed E-state index contributed by atoms with van der Waals surface area (Å²) >= 11 is 0. The van der Waals surface area contributed by atoms with E-state index < -0.39 is 5.97 Å². The summed E-state index contributed by atoms with van der Waals surface area (Å²) in [5.41, 5.74) is 4.62. The topological polar surface area (TPSA) is 72.9 Å². The van der Waals surface area contributed by atoms with Crippen LogP contribution in [0.25, 0.3) is 16.3 Å². The predicted octanol–water partition coefficient (Wildman–Crippen LogP) is 5.37. The van der Waals surface area contributed by atoms with Crippen molar-refractivity contribution in [1.82, 2.24) is 0 Å². The zero-order chi connectivity index (χ0) is 24.1. The van der Waals surface area contributed by atoms with E-state index in [1.54, 1.807) is 11.9 Å². The summed E-state index contributed by atoms with van der Waals surface area (Å²) in [4.78, 5) is 37.6. The number of allylic oxidation sites excluding steroid dienone is 3. The van der Waals surface area contributed by atoms with Crippen LogP contribution in [-0.2, 0) is 19.1 Å². The number of hydrogen-bond donors (Lipinski definition) is 0. The molecule has 6 heteroatoms. The number of hydrogen-bond acceptors (Lipinski definition) is 5. The normalized spacial score (nSPS) is 14.6. The lowest BCUT2D eigenvalue weighted by molar-refractivity contribution is -0.140. The molecule has 34 heavy (non-hydrogen) atoms. The van der Waals surface area contributed by atoms with Crippen molar-refractivity contribution in [2.75, 3.05) is 25.2 Å². The lowest BCUT2D eigenvalue weighted by Gasteiger charge is -2.17. The number of benzene rings is 2. The van der Waals surface area contributed by atoms with Crippen molar-refractivity contribution in [2.24, 2.45) is 0 Å². The Labute approximate surface area is 199 Å². The van der Waals surface area contributed by atoms with Gasteiger partial charge in [-0.05, 0) is 67.2 Å². The monoisotopic (exact) mass is 459 g/mol. The van der Waals surface area contributed by atoms with Gasteiger partial charge in [0.25, 0.3) is 5.91 Å². The maximum Gasteiger partial charge on any atom is 0.334 e. The Morgan fingerprint density at radius 1 is 0.971 bits per heavy atom. The molecular formula is C28H29NO5. The van der Waals surface area contributed by atoms with Crippen molar-refractivity contribution in [1.29, 1.82) is 0 Å². The number of unbranched alkanes of at least 4 members (excludes halogenated alkanes) is 3. The van der Waals surface area contributed by atoms with E-state index >= 15 is 0 Å². The minimum Gasteiger partial charge on any atom is -0.463 e. The molecule has 2 aromatic rings. The number of nitrogens with zero attached hydrogens (tertiary/aromatic N) is 1. The minimum atomic E-state index is -0.400. The number of ether oxygens (including phenoxy) is 2. The van der Waals surface area contributed by atoms with E-state index in [9.17, 15) is 14.4 Å². The molecule has 2 aliphatic rings. The molecule has 0 N–H and O–H groups in total. The molecule has 0 atom stereocenters. The average Bonchev–Trinajstić information content (AvgIpc) is 3.12. The second kappa shape index (κ2) is 10.5. The van der Waals surface area contributed by atoms with E-state index in [4.69, 9.17) is 9.47 Å². The Bertz CT molecular complexity index is 1210. The summed E-state index contributed by atoms with van der Waals surface area (Å²) < 4.78 is 10.4. The van der Waals surface area contributed by atoms with Gasteiger partial charge in [-0.3, -0.25) is 4.79 Å². The summed E-state index contributed by atoms with van der Waals surface area (Å²) in [5, 5.41) is 2.07. The van der Waals surface area contributed by atoms with Crippen LogP contribution in [0, 0.1) is 0 Å². The highest BCUT2D eigenvalue weighted by Crippen LogP contribution is 2.41. The van der Waals surface area contributed by atoms with Gasteiger partial charge < -0.3 is 14.4 Å². The van der Waals surface area contributed by atoms with Gasteiger partial charge in [-0.15, -0.1) is 0 Å². The molecule has 0 saturated carbocycles. The molecule has 1 amide bonds. The smallest absolute Gasteiger partial charge is 0.334 e. The van der Waals surface area contributed by atoms with Gasteiger partial charge in [0.1, 0.15) is 0 Å². The highest BCUT2D eigenvalue weighted by Gasteiger charge is 2.28. The van der Waals surface area contributed by atoms with Crippen LogP contribution < -0.4 is 4.90 Å². The van der Waals surface area contributed by atoms with Crippen molar-refractivity contribution in [2.45, 2.75) is 38.5 Å². The fourth-order valence-electron chi connectivity index (χ4n) is 4.49. The Hall–Kier alpha value is -3.67. The lowest BCUT2D eigenvalue weighted by Crippen LogP contribution is -2.20. The summed E-state index contributed by atoms with van der Waals surface area (Å²) in [6, 6.07) is 9.93. The molecule has 0 radical (unpaired) electrons. The molecule has 4 rings (SSSR count). The van der Waals surface area contributed by atoms with E-state index in [2.05, 4.69) is 18.7 Å². The van der Waals surface area contributed by atoms with E-state index in [0.717, 1.165) is 71.3 Å². The molecule has 0 spiro atoms. The van der Waals surface area contributed by atoms with Crippen molar-refractivity contribution >= 4 is 39.9 Å². The van der Waals surface area contributed by atoms with Gasteiger partial charge in [-0.25, -0.2) is 9.59 Å². The third-order valence-electron chi connectivity index (χ3n) is 6.36. The molecule has 1 heterocycles. The molecule has 1 aliphatic heterocycles. The third-order valence-corrected chi connectivity index (χ3v) is 6.36. The molecule has 1 aliphatic carbocycles. The quantitative estimate of drug-likeness (QED) is 0.271. The molecule has 0 unspecified atom stereocenters. The highest BCUT2D eigenvalue weighted by atomic mass is 16.5. The maximum atomic E-state index is 12.5. The Kier molecular flexibility index (Phi) is 7.26. The Balaban J connectivity index is 1.32. The molecule has 0 fully saturated rings. The average molecular weight is 460 g/mol. The van der Waals surface area contributed by atoms with Gasteiger partial charge in [0.15, 0.2) is 0 Å². The standard InChI is InChI=1S/C28H29NO5/c1-3-25(30)33-17-6-4-5-7-18-34-28(32)20-13-11-19(12-14-20)21-15-16-24-26-22(21)9-8-10-23(26)27(31)29(24)2/h3,8-11,13,15-16H,1,4-7,12,14,17-18H2,2H3. The van der Waals surface area contributed by atoms with Crippen molar-refractivity contribution < 1.29 is 23.9 Å². The van der Waals surface area contributed by atoms with Gasteiger partial charge in [0.05, 0.1) is 18.9 Å². The third kappa shape index (κ3) is 4.81. The SMILES string of the molecule is C=CC(=O)OCCCCCCOC(=O)C1=CC=C(c2ccc3c4c(cccc24)C(=O)N3C)CC1. The Morgan fingerprint density at radius 3 is 2.44 bits per heavy atom. The molecular weight excluding hydrogens is 430 g/mol.